The van der Waals surface area contributed by atoms with Crippen LogP contribution in [0.4, 0.5) is 0 Å². The van der Waals surface area contributed by atoms with Gasteiger partial charge in [-0.25, -0.2) is 0 Å². The van der Waals surface area contributed by atoms with E-state index in [1.807, 2.05) is 23.1 Å². The van der Waals surface area contributed by atoms with E-state index in [-0.39, 0.29) is 6.10 Å². The minimum atomic E-state index is 0.205. The molecule has 23 heavy (non-hydrogen) atoms. The quantitative estimate of drug-likeness (QED) is 0.809. The smallest absolute Gasteiger partial charge is 0.222 e. The molecule has 0 N–H and O–H groups in total. The van der Waals surface area contributed by atoms with E-state index in [0.29, 0.717) is 25.0 Å². The van der Waals surface area contributed by atoms with Crippen LogP contribution in [-0.4, -0.2) is 54.5 Å². The fourth-order valence-electron chi connectivity index (χ4n) is 3.49. The van der Waals surface area contributed by atoms with Crippen molar-refractivity contribution in [2.75, 3.05) is 26.7 Å². The Morgan fingerprint density at radius 2 is 2.00 bits per heavy atom. The van der Waals surface area contributed by atoms with Crippen molar-refractivity contribution in [1.82, 2.24) is 9.80 Å². The van der Waals surface area contributed by atoms with Crippen LogP contribution in [0.5, 0.6) is 0 Å². The van der Waals surface area contributed by atoms with E-state index >= 15 is 0 Å². The topological polar surface area (TPSA) is 32.8 Å². The van der Waals surface area contributed by atoms with Crippen LogP contribution in [0.3, 0.4) is 0 Å². The molecule has 0 aliphatic carbocycles. The van der Waals surface area contributed by atoms with Crippen molar-refractivity contribution >= 4 is 5.91 Å². The maximum Gasteiger partial charge on any atom is 0.222 e. The SMILES string of the molecule is CN1CCCCC1CCC(=O)N1CC(OCc2ccccc2)C1. The van der Waals surface area contributed by atoms with Gasteiger partial charge in [-0.1, -0.05) is 36.8 Å². The summed E-state index contributed by atoms with van der Waals surface area (Å²) in [6, 6.07) is 10.8. The number of carbonyl (C=O) groups excluding carboxylic acids is 1. The normalized spacial score (nSPS) is 22.8. The van der Waals surface area contributed by atoms with Gasteiger partial charge in [0.25, 0.3) is 0 Å². The highest BCUT2D eigenvalue weighted by molar-refractivity contribution is 5.77. The number of hydrogen-bond donors (Lipinski definition) is 0. The molecule has 0 bridgehead atoms. The molecule has 2 heterocycles. The predicted molar refractivity (Wildman–Crippen MR) is 91.1 cm³/mol. The van der Waals surface area contributed by atoms with Gasteiger partial charge in [-0.15, -0.1) is 0 Å². The van der Waals surface area contributed by atoms with Gasteiger partial charge in [-0.3, -0.25) is 4.79 Å². The number of likely N-dealkylation sites (tertiary alicyclic amines) is 2. The lowest BCUT2D eigenvalue weighted by Crippen LogP contribution is -2.54. The zero-order valence-electron chi connectivity index (χ0n) is 14.1. The molecule has 1 unspecified atom stereocenters. The zero-order valence-corrected chi connectivity index (χ0v) is 14.1. The number of ether oxygens (including phenoxy) is 1. The highest BCUT2D eigenvalue weighted by Crippen LogP contribution is 2.21. The summed E-state index contributed by atoms with van der Waals surface area (Å²) in [4.78, 5) is 16.6. The second-order valence-corrected chi connectivity index (χ2v) is 6.89. The molecule has 0 spiro atoms. The third-order valence-corrected chi connectivity index (χ3v) is 5.14. The van der Waals surface area contributed by atoms with Crippen LogP contribution in [0, 0.1) is 0 Å². The second kappa shape index (κ2) is 7.93. The van der Waals surface area contributed by atoms with Gasteiger partial charge in [0.15, 0.2) is 0 Å². The van der Waals surface area contributed by atoms with Gasteiger partial charge in [0.05, 0.1) is 12.7 Å². The number of hydrogen-bond acceptors (Lipinski definition) is 3. The van der Waals surface area contributed by atoms with E-state index < -0.39 is 0 Å². The summed E-state index contributed by atoms with van der Waals surface area (Å²) >= 11 is 0. The van der Waals surface area contributed by atoms with Gasteiger partial charge in [-0.05, 0) is 38.4 Å². The number of amides is 1. The van der Waals surface area contributed by atoms with Gasteiger partial charge in [0, 0.05) is 25.6 Å². The summed E-state index contributed by atoms with van der Waals surface area (Å²) in [7, 11) is 2.19. The fraction of sp³-hybridized carbons (Fsp3) is 0.632. The summed E-state index contributed by atoms with van der Waals surface area (Å²) in [5, 5.41) is 0. The average Bonchev–Trinajstić information content (AvgIpc) is 2.53. The van der Waals surface area contributed by atoms with Crippen molar-refractivity contribution in [3.05, 3.63) is 35.9 Å². The molecular formula is C19H28N2O2. The molecule has 4 nitrogen and oxygen atoms in total. The van der Waals surface area contributed by atoms with Crippen LogP contribution in [-0.2, 0) is 16.1 Å². The first-order valence-corrected chi connectivity index (χ1v) is 8.86. The van der Waals surface area contributed by atoms with E-state index in [1.54, 1.807) is 0 Å². The van der Waals surface area contributed by atoms with Gasteiger partial charge < -0.3 is 14.5 Å². The van der Waals surface area contributed by atoms with Crippen LogP contribution in [0.2, 0.25) is 0 Å². The summed E-state index contributed by atoms with van der Waals surface area (Å²) in [5.41, 5.74) is 1.19. The zero-order chi connectivity index (χ0) is 16.1. The molecule has 1 aromatic rings. The highest BCUT2D eigenvalue weighted by atomic mass is 16.5. The van der Waals surface area contributed by atoms with E-state index in [4.69, 9.17) is 4.74 Å². The predicted octanol–water partition coefficient (Wildman–Crippen LogP) is 2.68. The van der Waals surface area contributed by atoms with Crippen molar-refractivity contribution in [3.63, 3.8) is 0 Å². The lowest BCUT2D eigenvalue weighted by Gasteiger charge is -2.39. The molecule has 1 atom stereocenters. The van der Waals surface area contributed by atoms with Gasteiger partial charge >= 0.3 is 0 Å². The van der Waals surface area contributed by atoms with Crippen LogP contribution < -0.4 is 0 Å². The van der Waals surface area contributed by atoms with E-state index in [9.17, 15) is 4.79 Å². The van der Waals surface area contributed by atoms with Crippen molar-refractivity contribution in [2.45, 2.75) is 50.9 Å². The molecule has 3 rings (SSSR count). The maximum absolute atomic E-state index is 12.2. The Morgan fingerprint density at radius 1 is 1.22 bits per heavy atom. The third-order valence-electron chi connectivity index (χ3n) is 5.14. The molecule has 1 aromatic carbocycles. The first-order chi connectivity index (χ1) is 11.2. The monoisotopic (exact) mass is 316 g/mol. The van der Waals surface area contributed by atoms with Crippen molar-refractivity contribution in [3.8, 4) is 0 Å². The maximum atomic E-state index is 12.2. The Morgan fingerprint density at radius 3 is 2.74 bits per heavy atom. The molecule has 2 fully saturated rings. The van der Waals surface area contributed by atoms with Gasteiger partial charge in [0.1, 0.15) is 0 Å². The average molecular weight is 316 g/mol. The highest BCUT2D eigenvalue weighted by Gasteiger charge is 2.31. The molecule has 2 aliphatic heterocycles. The molecule has 0 aromatic heterocycles. The number of carbonyl (C=O) groups is 1. The molecule has 4 heteroatoms. The lowest BCUT2D eigenvalue weighted by molar-refractivity contribution is -0.146. The van der Waals surface area contributed by atoms with Crippen molar-refractivity contribution in [2.24, 2.45) is 0 Å². The minimum absolute atomic E-state index is 0.205. The standard InChI is InChI=1S/C19H28N2O2/c1-20-12-6-5-9-17(20)10-11-19(22)21-13-18(14-21)23-15-16-7-3-2-4-8-16/h2-4,7-8,17-18H,5-6,9-15H2,1H3. The molecule has 2 saturated heterocycles. The Bertz CT molecular complexity index is 499. The van der Waals surface area contributed by atoms with E-state index in [1.165, 1.54) is 31.4 Å². The minimum Gasteiger partial charge on any atom is -0.370 e. The number of nitrogens with zero attached hydrogens (tertiary/aromatic N) is 2. The Hall–Kier alpha value is -1.39. The van der Waals surface area contributed by atoms with Gasteiger partial charge in [-0.2, -0.15) is 0 Å². The van der Waals surface area contributed by atoms with Crippen LogP contribution >= 0.6 is 0 Å². The first-order valence-electron chi connectivity index (χ1n) is 8.86. The number of rotatable bonds is 6. The fourth-order valence-corrected chi connectivity index (χ4v) is 3.49. The first kappa shape index (κ1) is 16.5. The number of piperidine rings is 1. The molecule has 2 aliphatic rings. The molecule has 0 radical (unpaired) electrons. The molecular weight excluding hydrogens is 288 g/mol. The van der Waals surface area contributed by atoms with E-state index in [2.05, 4.69) is 24.1 Å². The Kier molecular flexibility index (Phi) is 5.68. The Labute approximate surface area is 139 Å². The summed E-state index contributed by atoms with van der Waals surface area (Å²) in [6.07, 6.45) is 5.74. The molecule has 126 valence electrons. The second-order valence-electron chi connectivity index (χ2n) is 6.89. The molecule has 1 amide bonds. The largest absolute Gasteiger partial charge is 0.370 e. The Balaban J connectivity index is 1.32. The van der Waals surface area contributed by atoms with E-state index in [0.717, 1.165) is 19.5 Å². The van der Waals surface area contributed by atoms with Crippen LogP contribution in [0.25, 0.3) is 0 Å². The lowest BCUT2D eigenvalue weighted by atomic mass is 9.98. The van der Waals surface area contributed by atoms with Gasteiger partial charge in [0.2, 0.25) is 5.91 Å². The molecule has 0 saturated carbocycles. The van der Waals surface area contributed by atoms with Crippen molar-refractivity contribution < 1.29 is 9.53 Å². The summed E-state index contributed by atoms with van der Waals surface area (Å²) in [6.45, 7) is 3.33. The summed E-state index contributed by atoms with van der Waals surface area (Å²) in [5.74, 6) is 0.295. The van der Waals surface area contributed by atoms with Crippen LogP contribution in [0.15, 0.2) is 30.3 Å². The third kappa shape index (κ3) is 4.55. The number of benzene rings is 1. The summed E-state index contributed by atoms with van der Waals surface area (Å²) < 4.78 is 5.85. The van der Waals surface area contributed by atoms with Crippen molar-refractivity contribution in [1.29, 1.82) is 0 Å². The van der Waals surface area contributed by atoms with Crippen LogP contribution in [0.1, 0.15) is 37.7 Å².